The van der Waals surface area contributed by atoms with Gasteiger partial charge in [0.25, 0.3) is 0 Å². The van der Waals surface area contributed by atoms with Crippen molar-refractivity contribution in [2.24, 2.45) is 0 Å². The normalized spacial score (nSPS) is 16.9. The zero-order valence-electron chi connectivity index (χ0n) is 18.1. The van der Waals surface area contributed by atoms with E-state index in [1.165, 1.54) is 12.1 Å². The van der Waals surface area contributed by atoms with Crippen molar-refractivity contribution in [1.29, 1.82) is 0 Å². The molecular weight excluding hydrogens is 435 g/mol. The average Bonchev–Trinajstić information content (AvgIpc) is 3.59. The molecule has 174 valence electrons. The smallest absolute Gasteiger partial charge is 0.387 e. The summed E-state index contributed by atoms with van der Waals surface area (Å²) in [5.74, 6) is 0.626. The summed E-state index contributed by atoms with van der Waals surface area (Å²) in [6.07, 6.45) is 5.10. The van der Waals surface area contributed by atoms with Crippen molar-refractivity contribution in [3.05, 3.63) is 42.0 Å². The quantitative estimate of drug-likeness (QED) is 0.549. The third-order valence-corrected chi connectivity index (χ3v) is 5.75. The van der Waals surface area contributed by atoms with Crippen LogP contribution in [0.3, 0.4) is 0 Å². The first kappa shape index (κ1) is 21.5. The summed E-state index contributed by atoms with van der Waals surface area (Å²) in [5.41, 5.74) is 2.44. The first-order valence-electron chi connectivity index (χ1n) is 11.0. The van der Waals surface area contributed by atoms with E-state index in [2.05, 4.69) is 19.9 Å². The molecule has 0 atom stereocenters. The molecule has 1 saturated carbocycles. The minimum atomic E-state index is -3.00. The van der Waals surface area contributed by atoms with Gasteiger partial charge in [0.15, 0.2) is 23.2 Å². The van der Waals surface area contributed by atoms with Crippen molar-refractivity contribution in [2.45, 2.75) is 51.4 Å². The van der Waals surface area contributed by atoms with Gasteiger partial charge in [-0.2, -0.15) is 8.78 Å². The van der Waals surface area contributed by atoms with E-state index in [0.29, 0.717) is 32.0 Å². The SMILES string of the molecule is Cc1cc2nc(NC3CC3)c(N3CCC(Oc4ccc(OC(F)F)cc4F)CC3)nc2cn1. The maximum atomic E-state index is 14.3. The maximum Gasteiger partial charge on any atom is 0.387 e. The van der Waals surface area contributed by atoms with Gasteiger partial charge < -0.3 is 19.7 Å². The average molecular weight is 459 g/mol. The van der Waals surface area contributed by atoms with Crippen LogP contribution in [0.15, 0.2) is 30.5 Å². The summed E-state index contributed by atoms with van der Waals surface area (Å²) >= 11 is 0. The highest BCUT2D eigenvalue weighted by atomic mass is 19.3. The highest BCUT2D eigenvalue weighted by molar-refractivity contribution is 5.80. The number of aromatic nitrogens is 3. The molecule has 1 aliphatic heterocycles. The van der Waals surface area contributed by atoms with Gasteiger partial charge in [-0.05, 0) is 38.0 Å². The molecule has 33 heavy (non-hydrogen) atoms. The Balaban J connectivity index is 1.28. The van der Waals surface area contributed by atoms with Crippen molar-refractivity contribution >= 4 is 22.7 Å². The van der Waals surface area contributed by atoms with Gasteiger partial charge in [-0.15, -0.1) is 0 Å². The third-order valence-electron chi connectivity index (χ3n) is 5.75. The fourth-order valence-electron chi connectivity index (χ4n) is 3.91. The Labute approximate surface area is 189 Å². The second kappa shape index (κ2) is 8.92. The van der Waals surface area contributed by atoms with Crippen LogP contribution < -0.4 is 19.7 Å². The number of fused-ring (bicyclic) bond motifs is 1. The van der Waals surface area contributed by atoms with Crippen molar-refractivity contribution in [3.63, 3.8) is 0 Å². The first-order chi connectivity index (χ1) is 15.9. The summed E-state index contributed by atoms with van der Waals surface area (Å²) in [6.45, 7) is 0.253. The highest BCUT2D eigenvalue weighted by Crippen LogP contribution is 2.33. The molecule has 3 aromatic rings. The monoisotopic (exact) mass is 459 g/mol. The summed E-state index contributed by atoms with van der Waals surface area (Å²) in [7, 11) is 0. The minimum absolute atomic E-state index is 0.0260. The predicted octanol–water partition coefficient (Wildman–Crippen LogP) is 4.70. The molecule has 2 aromatic heterocycles. The van der Waals surface area contributed by atoms with Crippen LogP contribution in [0.25, 0.3) is 11.0 Å². The van der Waals surface area contributed by atoms with Crippen molar-refractivity contribution < 1.29 is 22.6 Å². The zero-order valence-corrected chi connectivity index (χ0v) is 18.1. The van der Waals surface area contributed by atoms with Gasteiger partial charge in [-0.25, -0.2) is 14.4 Å². The summed E-state index contributed by atoms with van der Waals surface area (Å²) in [4.78, 5) is 16.2. The molecule has 2 aliphatic rings. The van der Waals surface area contributed by atoms with E-state index in [4.69, 9.17) is 14.7 Å². The van der Waals surface area contributed by atoms with Crippen molar-refractivity contribution in [2.75, 3.05) is 23.3 Å². The lowest BCUT2D eigenvalue weighted by Gasteiger charge is -2.33. The molecule has 10 heteroatoms. The van der Waals surface area contributed by atoms with Gasteiger partial charge >= 0.3 is 6.61 Å². The van der Waals surface area contributed by atoms with Crippen LogP contribution in [0.5, 0.6) is 11.5 Å². The van der Waals surface area contributed by atoms with E-state index in [-0.39, 0.29) is 17.6 Å². The minimum Gasteiger partial charge on any atom is -0.487 e. The molecular formula is C23H24F3N5O2. The van der Waals surface area contributed by atoms with E-state index in [0.717, 1.165) is 47.3 Å². The van der Waals surface area contributed by atoms with Crippen LogP contribution >= 0.6 is 0 Å². The number of rotatable bonds is 7. The second-order valence-corrected chi connectivity index (χ2v) is 8.40. The number of nitrogens with one attached hydrogen (secondary N) is 1. The van der Waals surface area contributed by atoms with Crippen LogP contribution in [0, 0.1) is 12.7 Å². The Bertz CT molecular complexity index is 1150. The van der Waals surface area contributed by atoms with E-state index in [9.17, 15) is 13.2 Å². The summed E-state index contributed by atoms with van der Waals surface area (Å²) < 4.78 is 48.9. The van der Waals surface area contributed by atoms with E-state index < -0.39 is 12.4 Å². The number of halogens is 3. The molecule has 0 bridgehead atoms. The van der Waals surface area contributed by atoms with Gasteiger partial charge in [0.1, 0.15) is 17.4 Å². The van der Waals surface area contributed by atoms with Gasteiger partial charge in [-0.1, -0.05) is 0 Å². The second-order valence-electron chi connectivity index (χ2n) is 8.40. The fraction of sp³-hybridized carbons (Fsp3) is 0.435. The van der Waals surface area contributed by atoms with Gasteiger partial charge in [0.05, 0.1) is 11.7 Å². The number of anilines is 2. The molecule has 0 amide bonds. The Kier molecular flexibility index (Phi) is 5.82. The fourth-order valence-corrected chi connectivity index (χ4v) is 3.91. The Morgan fingerprint density at radius 2 is 1.85 bits per heavy atom. The number of alkyl halides is 2. The van der Waals surface area contributed by atoms with Crippen LogP contribution in [0.2, 0.25) is 0 Å². The molecule has 0 spiro atoms. The van der Waals surface area contributed by atoms with Crippen molar-refractivity contribution in [3.8, 4) is 11.5 Å². The largest absolute Gasteiger partial charge is 0.487 e. The number of hydrogen-bond donors (Lipinski definition) is 1. The summed E-state index contributed by atoms with van der Waals surface area (Å²) in [5, 5.41) is 3.49. The predicted molar refractivity (Wildman–Crippen MR) is 118 cm³/mol. The zero-order chi connectivity index (χ0) is 22.9. The molecule has 0 radical (unpaired) electrons. The number of benzene rings is 1. The molecule has 1 aliphatic carbocycles. The molecule has 7 nitrogen and oxygen atoms in total. The topological polar surface area (TPSA) is 72.4 Å². The lowest BCUT2D eigenvalue weighted by Crippen LogP contribution is -2.39. The Morgan fingerprint density at radius 1 is 1.06 bits per heavy atom. The summed E-state index contributed by atoms with van der Waals surface area (Å²) in [6, 6.07) is 5.86. The highest BCUT2D eigenvalue weighted by Gasteiger charge is 2.28. The number of pyridine rings is 1. The number of hydrogen-bond acceptors (Lipinski definition) is 7. The molecule has 1 N–H and O–H groups in total. The van der Waals surface area contributed by atoms with Crippen molar-refractivity contribution in [1.82, 2.24) is 15.0 Å². The Hall–Kier alpha value is -3.30. The number of ether oxygens (including phenoxy) is 2. The number of nitrogens with zero attached hydrogens (tertiary/aromatic N) is 4. The third kappa shape index (κ3) is 5.04. The van der Waals surface area contributed by atoms with Crippen LogP contribution in [-0.2, 0) is 0 Å². The van der Waals surface area contributed by atoms with Gasteiger partial charge in [0.2, 0.25) is 0 Å². The van der Waals surface area contributed by atoms with E-state index in [1.54, 1.807) is 6.20 Å². The molecule has 2 fully saturated rings. The molecule has 0 unspecified atom stereocenters. The lowest BCUT2D eigenvalue weighted by atomic mass is 10.1. The number of aryl methyl sites for hydroxylation is 1. The molecule has 1 aromatic carbocycles. The van der Waals surface area contributed by atoms with E-state index in [1.807, 2.05) is 13.0 Å². The molecule has 3 heterocycles. The van der Waals surface area contributed by atoms with Crippen LogP contribution in [0.1, 0.15) is 31.4 Å². The van der Waals surface area contributed by atoms with Crippen LogP contribution in [0.4, 0.5) is 24.8 Å². The maximum absolute atomic E-state index is 14.3. The lowest BCUT2D eigenvalue weighted by molar-refractivity contribution is -0.0500. The molecule has 1 saturated heterocycles. The standard InChI is InChI=1S/C23H24F3N5O2/c1-13-10-18-19(12-27-13)30-22(21(29-18)28-14-2-3-14)31-8-6-15(7-9-31)32-20-5-4-16(11-17(20)24)33-23(25)26/h4-5,10-12,14-15,23H,2-3,6-9H2,1H3,(H,28,29). The first-order valence-corrected chi connectivity index (χ1v) is 11.0. The van der Waals surface area contributed by atoms with Crippen LogP contribution in [-0.4, -0.2) is 46.8 Å². The molecule has 5 rings (SSSR count). The number of piperidine rings is 1. The Morgan fingerprint density at radius 3 is 2.55 bits per heavy atom. The van der Waals surface area contributed by atoms with Gasteiger partial charge in [0, 0.05) is 43.7 Å². The van der Waals surface area contributed by atoms with E-state index >= 15 is 0 Å². The van der Waals surface area contributed by atoms with Gasteiger partial charge in [-0.3, -0.25) is 4.98 Å².